The molecular formula is C36H36BrCl2N3O4S. The van der Waals surface area contributed by atoms with E-state index in [2.05, 4.69) is 21.2 Å². The number of carbonyl (C=O) groups excluding carboxylic acids is 2. The Morgan fingerprint density at radius 1 is 0.872 bits per heavy atom. The highest BCUT2D eigenvalue weighted by atomic mass is 79.9. The summed E-state index contributed by atoms with van der Waals surface area (Å²) in [4.78, 5) is 30.3. The molecule has 1 saturated carbocycles. The van der Waals surface area contributed by atoms with E-state index in [0.29, 0.717) is 0 Å². The Balaban J connectivity index is 1.58. The fraction of sp³-hybridized carbons (Fsp3) is 0.278. The van der Waals surface area contributed by atoms with Gasteiger partial charge in [0.1, 0.15) is 12.6 Å². The van der Waals surface area contributed by atoms with Gasteiger partial charge in [-0.3, -0.25) is 13.9 Å². The van der Waals surface area contributed by atoms with Crippen molar-refractivity contribution in [3.05, 3.63) is 128 Å². The number of carbonyl (C=O) groups is 2. The first-order valence-electron chi connectivity index (χ1n) is 15.4. The van der Waals surface area contributed by atoms with Gasteiger partial charge in [0.2, 0.25) is 11.8 Å². The number of hydrogen-bond donors (Lipinski definition) is 1. The van der Waals surface area contributed by atoms with Gasteiger partial charge < -0.3 is 10.2 Å². The topological polar surface area (TPSA) is 86.8 Å². The molecule has 0 aliphatic heterocycles. The summed E-state index contributed by atoms with van der Waals surface area (Å²) in [6.45, 7) is 1.34. The third-order valence-corrected chi connectivity index (χ3v) is 11.0. The van der Waals surface area contributed by atoms with E-state index < -0.39 is 28.5 Å². The van der Waals surface area contributed by atoms with Crippen LogP contribution in [-0.2, 0) is 32.6 Å². The Morgan fingerprint density at radius 2 is 1.51 bits per heavy atom. The lowest BCUT2D eigenvalue weighted by atomic mass is 10.0. The van der Waals surface area contributed by atoms with Crippen molar-refractivity contribution in [3.8, 4) is 0 Å². The van der Waals surface area contributed by atoms with Gasteiger partial charge >= 0.3 is 0 Å². The molecule has 0 spiro atoms. The van der Waals surface area contributed by atoms with Gasteiger partial charge in [0.05, 0.1) is 10.6 Å². The lowest BCUT2D eigenvalue weighted by molar-refractivity contribution is -0.140. The van der Waals surface area contributed by atoms with Crippen molar-refractivity contribution in [1.29, 1.82) is 0 Å². The second kappa shape index (κ2) is 15.7. The summed E-state index contributed by atoms with van der Waals surface area (Å²) >= 11 is 16.2. The number of hydrogen-bond acceptors (Lipinski definition) is 4. The number of nitrogens with zero attached hydrogens (tertiary/aromatic N) is 2. The van der Waals surface area contributed by atoms with E-state index in [1.54, 1.807) is 12.1 Å². The summed E-state index contributed by atoms with van der Waals surface area (Å²) < 4.78 is 30.3. The van der Waals surface area contributed by atoms with Crippen LogP contribution in [0.2, 0.25) is 10.0 Å². The Labute approximate surface area is 295 Å². The largest absolute Gasteiger partial charge is 0.352 e. The van der Waals surface area contributed by atoms with Gasteiger partial charge in [-0.2, -0.15) is 0 Å². The first kappa shape index (κ1) is 35.0. The molecule has 11 heteroatoms. The van der Waals surface area contributed by atoms with Crippen LogP contribution in [0.15, 0.2) is 106 Å². The Kier molecular flexibility index (Phi) is 11.7. The molecule has 1 N–H and O–H groups in total. The molecule has 1 aliphatic carbocycles. The summed E-state index contributed by atoms with van der Waals surface area (Å²) in [7, 11) is -4.28. The summed E-state index contributed by atoms with van der Waals surface area (Å²) in [6, 6.07) is 26.9. The Hall–Kier alpha value is -3.37. The number of rotatable bonds is 12. The van der Waals surface area contributed by atoms with Crippen LogP contribution < -0.4 is 9.62 Å². The SMILES string of the molecule is Cc1ccc(S(=O)(=O)N(CC(=O)N(Cc2cccc(Br)c2)[C@H](Cc2ccccc2)C(=O)NC2CCCC2)c2cc(Cl)cc(Cl)c2)cc1. The highest BCUT2D eigenvalue weighted by molar-refractivity contribution is 9.10. The number of aryl methyl sites for hydroxylation is 1. The summed E-state index contributed by atoms with van der Waals surface area (Å²) in [5.41, 5.74) is 2.67. The maximum absolute atomic E-state index is 14.7. The zero-order valence-electron chi connectivity index (χ0n) is 25.9. The molecule has 1 atom stereocenters. The molecule has 1 fully saturated rings. The molecule has 4 aromatic rings. The first-order chi connectivity index (χ1) is 22.5. The number of halogens is 3. The van der Waals surface area contributed by atoms with Crippen LogP contribution in [0, 0.1) is 6.92 Å². The molecule has 0 aromatic heterocycles. The lowest BCUT2D eigenvalue weighted by Gasteiger charge is -2.34. The van der Waals surface area contributed by atoms with Gasteiger partial charge in [0, 0.05) is 33.5 Å². The first-order valence-corrected chi connectivity index (χ1v) is 18.4. The van der Waals surface area contributed by atoms with Crippen molar-refractivity contribution < 1.29 is 18.0 Å². The molecule has 2 amide bonds. The van der Waals surface area contributed by atoms with Crippen molar-refractivity contribution in [2.75, 3.05) is 10.8 Å². The molecule has 4 aromatic carbocycles. The molecule has 0 bridgehead atoms. The van der Waals surface area contributed by atoms with Crippen LogP contribution >= 0.6 is 39.1 Å². The monoisotopic (exact) mass is 755 g/mol. The predicted octanol–water partition coefficient (Wildman–Crippen LogP) is 7.96. The van der Waals surface area contributed by atoms with Crippen LogP contribution in [0.3, 0.4) is 0 Å². The van der Waals surface area contributed by atoms with E-state index in [1.807, 2.05) is 61.5 Å². The van der Waals surface area contributed by atoms with E-state index >= 15 is 0 Å². The summed E-state index contributed by atoms with van der Waals surface area (Å²) in [6.07, 6.45) is 4.06. The van der Waals surface area contributed by atoms with Crippen LogP contribution in [0.4, 0.5) is 5.69 Å². The van der Waals surface area contributed by atoms with Gasteiger partial charge in [-0.05, 0) is 73.4 Å². The number of anilines is 1. The van der Waals surface area contributed by atoms with Gasteiger partial charge in [-0.1, -0.05) is 112 Å². The van der Waals surface area contributed by atoms with E-state index in [-0.39, 0.29) is 45.5 Å². The number of benzene rings is 4. The number of sulfonamides is 1. The molecule has 246 valence electrons. The predicted molar refractivity (Wildman–Crippen MR) is 191 cm³/mol. The quantitative estimate of drug-likeness (QED) is 0.159. The van der Waals surface area contributed by atoms with Crippen molar-refractivity contribution in [1.82, 2.24) is 10.2 Å². The van der Waals surface area contributed by atoms with Crippen LogP contribution in [0.25, 0.3) is 0 Å². The third kappa shape index (κ3) is 9.16. The average molecular weight is 758 g/mol. The highest BCUT2D eigenvalue weighted by Crippen LogP contribution is 2.31. The molecule has 1 aliphatic rings. The van der Waals surface area contributed by atoms with Gasteiger partial charge in [0.25, 0.3) is 10.0 Å². The Morgan fingerprint density at radius 3 is 2.15 bits per heavy atom. The zero-order chi connectivity index (χ0) is 33.6. The fourth-order valence-electron chi connectivity index (χ4n) is 5.80. The molecule has 47 heavy (non-hydrogen) atoms. The lowest BCUT2D eigenvalue weighted by Crippen LogP contribution is -2.54. The van der Waals surface area contributed by atoms with Crippen molar-refractivity contribution in [2.24, 2.45) is 0 Å². The second-order valence-corrected chi connectivity index (χ2v) is 15.5. The minimum atomic E-state index is -4.28. The normalized spacial score (nSPS) is 14.0. The van der Waals surface area contributed by atoms with Crippen LogP contribution in [0.1, 0.15) is 42.4 Å². The van der Waals surface area contributed by atoms with Crippen molar-refractivity contribution in [2.45, 2.75) is 62.6 Å². The second-order valence-electron chi connectivity index (χ2n) is 11.8. The Bertz CT molecular complexity index is 1800. The van der Waals surface area contributed by atoms with E-state index in [4.69, 9.17) is 23.2 Å². The maximum Gasteiger partial charge on any atom is 0.264 e. The smallest absolute Gasteiger partial charge is 0.264 e. The molecule has 0 saturated heterocycles. The molecule has 0 unspecified atom stereocenters. The zero-order valence-corrected chi connectivity index (χ0v) is 29.8. The van der Waals surface area contributed by atoms with Crippen LogP contribution in [-0.4, -0.2) is 43.8 Å². The van der Waals surface area contributed by atoms with Crippen molar-refractivity contribution in [3.63, 3.8) is 0 Å². The maximum atomic E-state index is 14.7. The van der Waals surface area contributed by atoms with E-state index in [9.17, 15) is 18.0 Å². The van der Waals surface area contributed by atoms with Gasteiger partial charge in [-0.15, -0.1) is 0 Å². The van der Waals surface area contributed by atoms with Crippen LogP contribution in [0.5, 0.6) is 0 Å². The van der Waals surface area contributed by atoms with Gasteiger partial charge in [-0.25, -0.2) is 8.42 Å². The number of amides is 2. The van der Waals surface area contributed by atoms with E-state index in [0.717, 1.165) is 51.2 Å². The number of nitrogens with one attached hydrogen (secondary N) is 1. The summed E-state index contributed by atoms with van der Waals surface area (Å²) in [5, 5.41) is 3.62. The van der Waals surface area contributed by atoms with E-state index in [1.165, 1.54) is 35.2 Å². The summed E-state index contributed by atoms with van der Waals surface area (Å²) in [5.74, 6) is -0.831. The third-order valence-electron chi connectivity index (χ3n) is 8.24. The van der Waals surface area contributed by atoms with Gasteiger partial charge in [0.15, 0.2) is 0 Å². The minimum absolute atomic E-state index is 0.00495. The van der Waals surface area contributed by atoms with Crippen molar-refractivity contribution >= 4 is 66.7 Å². The molecule has 5 rings (SSSR count). The standard InChI is InChI=1S/C36H36BrCl2N3O4S/c1-25-14-16-33(17-15-25)47(45,46)42(32-21-29(38)20-30(39)22-32)24-35(43)41(23-27-10-7-11-28(37)18-27)34(19-26-8-3-2-4-9-26)36(44)40-31-12-5-6-13-31/h2-4,7-11,14-18,20-22,31,34H,5-6,12-13,19,23-24H2,1H3,(H,40,44)/t34-/m1/s1. The highest BCUT2D eigenvalue weighted by Gasteiger charge is 2.35. The fourth-order valence-corrected chi connectivity index (χ4v) is 8.16. The molecular weight excluding hydrogens is 721 g/mol. The molecule has 0 heterocycles. The molecule has 0 radical (unpaired) electrons. The average Bonchev–Trinajstić information content (AvgIpc) is 3.54. The minimum Gasteiger partial charge on any atom is -0.352 e. The molecule has 7 nitrogen and oxygen atoms in total.